The quantitative estimate of drug-likeness (QED) is 0.674. The zero-order valence-corrected chi connectivity index (χ0v) is 17.7. The Bertz CT molecular complexity index is 789. The standard InChI is InChI=1S/C19H24FNO2.C2N2.BrH/c1-21(2)13-5-12-19(23,16-8-10-17(20)11-9-16)18-7-4-3-6-15(18)14-22;3-1-2-4;/h3-4,6-11,22-23H,5,12-14H2,1-2H3;;1H. The highest BCUT2D eigenvalue weighted by Crippen LogP contribution is 2.36. The molecule has 0 amide bonds. The molecule has 0 bridgehead atoms. The number of nitriles is 2. The van der Waals surface area contributed by atoms with E-state index in [1.165, 1.54) is 24.3 Å². The second kappa shape index (κ2) is 13.0. The average molecular weight is 450 g/mol. The molecule has 5 nitrogen and oxygen atoms in total. The first kappa shape index (κ1) is 25.7. The van der Waals surface area contributed by atoms with E-state index in [4.69, 9.17) is 10.5 Å². The molecule has 7 heteroatoms. The fraction of sp³-hybridized carbons (Fsp3) is 0.333. The smallest absolute Gasteiger partial charge is 0.181 e. The summed E-state index contributed by atoms with van der Waals surface area (Å²) in [6.45, 7) is 0.693. The second-order valence-electron chi connectivity index (χ2n) is 6.31. The Morgan fingerprint density at radius 2 is 1.61 bits per heavy atom. The largest absolute Gasteiger partial charge is 0.392 e. The molecule has 0 aromatic heterocycles. The van der Waals surface area contributed by atoms with Crippen LogP contribution in [0.15, 0.2) is 48.5 Å². The van der Waals surface area contributed by atoms with E-state index < -0.39 is 5.60 Å². The van der Waals surface area contributed by atoms with Gasteiger partial charge in [-0.2, -0.15) is 10.5 Å². The van der Waals surface area contributed by atoms with Gasteiger partial charge in [0.1, 0.15) is 11.4 Å². The number of hydrogen-bond acceptors (Lipinski definition) is 5. The highest BCUT2D eigenvalue weighted by molar-refractivity contribution is 8.93. The fourth-order valence-electron chi connectivity index (χ4n) is 2.87. The highest BCUT2D eigenvalue weighted by atomic mass is 79.9. The lowest BCUT2D eigenvalue weighted by molar-refractivity contribution is 0.0641. The minimum atomic E-state index is -1.25. The molecule has 28 heavy (non-hydrogen) atoms. The van der Waals surface area contributed by atoms with Crippen molar-refractivity contribution in [3.05, 3.63) is 71.0 Å². The van der Waals surface area contributed by atoms with Crippen LogP contribution in [0.1, 0.15) is 29.5 Å². The summed E-state index contributed by atoms with van der Waals surface area (Å²) in [5.41, 5.74) is 0.749. The Labute approximate surface area is 176 Å². The predicted octanol–water partition coefficient (Wildman–Crippen LogP) is 3.51. The maximum Gasteiger partial charge on any atom is 0.181 e. The summed E-state index contributed by atoms with van der Waals surface area (Å²) in [4.78, 5) is 2.06. The molecule has 0 aliphatic rings. The molecule has 2 aromatic carbocycles. The van der Waals surface area contributed by atoms with Crippen molar-refractivity contribution in [3.8, 4) is 12.1 Å². The van der Waals surface area contributed by atoms with Crippen molar-refractivity contribution >= 4 is 17.0 Å². The first-order valence-corrected chi connectivity index (χ1v) is 8.49. The van der Waals surface area contributed by atoms with Gasteiger partial charge in [0.2, 0.25) is 0 Å². The zero-order valence-electron chi connectivity index (χ0n) is 16.0. The number of benzene rings is 2. The Hall–Kier alpha value is -2.29. The van der Waals surface area contributed by atoms with Gasteiger partial charge in [-0.05, 0) is 62.3 Å². The summed E-state index contributed by atoms with van der Waals surface area (Å²) in [5, 5.41) is 35.6. The van der Waals surface area contributed by atoms with E-state index >= 15 is 0 Å². The van der Waals surface area contributed by atoms with Gasteiger partial charge >= 0.3 is 0 Å². The van der Waals surface area contributed by atoms with Gasteiger partial charge in [0, 0.05) is 0 Å². The molecule has 0 aliphatic carbocycles. The van der Waals surface area contributed by atoms with Crippen LogP contribution < -0.4 is 0 Å². The SMILES string of the molecule is Br.CN(C)CCCC(O)(c1ccc(F)cc1)c1ccccc1CO.N#CC#N. The normalized spacial score (nSPS) is 11.9. The molecule has 2 rings (SSSR count). The van der Waals surface area contributed by atoms with Crippen LogP contribution in [0.5, 0.6) is 0 Å². The molecule has 150 valence electrons. The number of aliphatic hydroxyl groups excluding tert-OH is 1. The lowest BCUT2D eigenvalue weighted by Crippen LogP contribution is -2.30. The van der Waals surface area contributed by atoms with Crippen LogP contribution in [-0.2, 0) is 12.2 Å². The third kappa shape index (κ3) is 7.38. The van der Waals surface area contributed by atoms with E-state index in [0.29, 0.717) is 23.1 Å². The lowest BCUT2D eigenvalue weighted by atomic mass is 9.80. The van der Waals surface area contributed by atoms with Gasteiger partial charge in [-0.3, -0.25) is 0 Å². The van der Waals surface area contributed by atoms with Crippen molar-refractivity contribution in [1.29, 1.82) is 10.5 Å². The molecule has 1 atom stereocenters. The summed E-state index contributed by atoms with van der Waals surface area (Å²) in [6, 6.07) is 15.7. The maximum absolute atomic E-state index is 13.3. The van der Waals surface area contributed by atoms with Crippen LogP contribution in [0, 0.1) is 28.5 Å². The minimum Gasteiger partial charge on any atom is -0.392 e. The third-order valence-electron chi connectivity index (χ3n) is 4.15. The number of nitrogens with zero attached hydrogens (tertiary/aromatic N) is 3. The van der Waals surface area contributed by atoms with E-state index in [2.05, 4.69) is 4.90 Å². The first-order valence-electron chi connectivity index (χ1n) is 8.49. The van der Waals surface area contributed by atoms with Crippen molar-refractivity contribution in [2.24, 2.45) is 0 Å². The van der Waals surface area contributed by atoms with Crippen molar-refractivity contribution in [3.63, 3.8) is 0 Å². The van der Waals surface area contributed by atoms with Crippen molar-refractivity contribution in [1.82, 2.24) is 4.90 Å². The monoisotopic (exact) mass is 449 g/mol. The molecule has 0 spiro atoms. The van der Waals surface area contributed by atoms with Gasteiger partial charge in [-0.1, -0.05) is 36.4 Å². The summed E-state index contributed by atoms with van der Waals surface area (Å²) >= 11 is 0. The van der Waals surface area contributed by atoms with E-state index in [9.17, 15) is 14.6 Å². The summed E-state index contributed by atoms with van der Waals surface area (Å²) in [5.74, 6) is -0.333. The van der Waals surface area contributed by atoms with Crippen LogP contribution in [0.25, 0.3) is 0 Å². The van der Waals surface area contributed by atoms with Gasteiger partial charge in [0.05, 0.1) is 6.61 Å². The molecule has 2 aromatic rings. The summed E-state index contributed by atoms with van der Waals surface area (Å²) < 4.78 is 13.3. The van der Waals surface area contributed by atoms with Gasteiger partial charge in [-0.25, -0.2) is 4.39 Å². The lowest BCUT2D eigenvalue weighted by Gasteiger charge is -2.31. The Morgan fingerprint density at radius 3 is 2.11 bits per heavy atom. The zero-order chi connectivity index (χ0) is 20.3. The van der Waals surface area contributed by atoms with Crippen LogP contribution in [0.3, 0.4) is 0 Å². The summed E-state index contributed by atoms with van der Waals surface area (Å²) in [7, 11) is 3.97. The van der Waals surface area contributed by atoms with Crippen LogP contribution >= 0.6 is 17.0 Å². The molecule has 0 heterocycles. The minimum absolute atomic E-state index is 0. The van der Waals surface area contributed by atoms with Gasteiger partial charge < -0.3 is 15.1 Å². The Balaban J connectivity index is 0.00000133. The second-order valence-corrected chi connectivity index (χ2v) is 6.31. The summed E-state index contributed by atoms with van der Waals surface area (Å²) in [6.07, 6.45) is 1.27. The molecule has 0 fully saturated rings. The number of aliphatic hydroxyl groups is 2. The maximum atomic E-state index is 13.3. The number of rotatable bonds is 7. The fourth-order valence-corrected chi connectivity index (χ4v) is 2.87. The molecule has 0 saturated heterocycles. The molecular formula is C21H25BrFN3O2. The molecule has 0 saturated carbocycles. The Morgan fingerprint density at radius 1 is 1.04 bits per heavy atom. The van der Waals surface area contributed by atoms with Gasteiger partial charge in [0.15, 0.2) is 12.1 Å². The molecule has 0 aliphatic heterocycles. The first-order chi connectivity index (χ1) is 12.9. The van der Waals surface area contributed by atoms with E-state index in [0.717, 1.165) is 13.0 Å². The van der Waals surface area contributed by atoms with E-state index in [1.54, 1.807) is 18.2 Å². The van der Waals surface area contributed by atoms with Crippen molar-refractivity contribution in [2.45, 2.75) is 25.0 Å². The highest BCUT2D eigenvalue weighted by Gasteiger charge is 2.33. The van der Waals surface area contributed by atoms with Gasteiger partial charge in [0.25, 0.3) is 0 Å². The third-order valence-corrected chi connectivity index (χ3v) is 4.15. The Kier molecular flexibility index (Phi) is 11.9. The molecular weight excluding hydrogens is 425 g/mol. The predicted molar refractivity (Wildman–Crippen MR) is 111 cm³/mol. The average Bonchev–Trinajstić information content (AvgIpc) is 2.68. The number of halogens is 2. The van der Waals surface area contributed by atoms with Crippen LogP contribution in [-0.4, -0.2) is 35.8 Å². The van der Waals surface area contributed by atoms with Crippen molar-refractivity contribution < 1.29 is 14.6 Å². The van der Waals surface area contributed by atoms with Gasteiger partial charge in [-0.15, -0.1) is 17.0 Å². The molecule has 0 radical (unpaired) electrons. The molecule has 2 N–H and O–H groups in total. The van der Waals surface area contributed by atoms with Crippen LogP contribution in [0.2, 0.25) is 0 Å². The van der Waals surface area contributed by atoms with Crippen LogP contribution in [0.4, 0.5) is 4.39 Å². The topological polar surface area (TPSA) is 91.3 Å². The molecule has 1 unspecified atom stereocenters. The van der Waals surface area contributed by atoms with E-state index in [-0.39, 0.29) is 29.4 Å². The van der Waals surface area contributed by atoms with E-state index in [1.807, 2.05) is 32.3 Å². The number of hydrogen-bond donors (Lipinski definition) is 2. The van der Waals surface area contributed by atoms with Crippen molar-refractivity contribution in [2.75, 3.05) is 20.6 Å².